The molecule has 3 rings (SSSR count). The second kappa shape index (κ2) is 9.96. The zero-order chi connectivity index (χ0) is 20.8. The number of hydrogen-bond acceptors (Lipinski definition) is 4. The number of hydroxylamine groups is 2. The smallest absolute Gasteiger partial charge is 0.126 e. The molecule has 2 N–H and O–H groups in total. The average molecular weight is 402 g/mol. The van der Waals surface area contributed by atoms with Gasteiger partial charge in [0.25, 0.3) is 0 Å². The van der Waals surface area contributed by atoms with Gasteiger partial charge in [-0.1, -0.05) is 31.2 Å². The third-order valence-electron chi connectivity index (χ3n) is 5.08. The van der Waals surface area contributed by atoms with Crippen molar-refractivity contribution in [3.8, 4) is 0 Å². The second-order valence-corrected chi connectivity index (χ2v) is 7.43. The molecule has 0 saturated heterocycles. The van der Waals surface area contributed by atoms with Crippen LogP contribution in [-0.2, 0) is 24.2 Å². The molecule has 0 bridgehead atoms. The lowest BCUT2D eigenvalue weighted by Crippen LogP contribution is -2.47. The van der Waals surface area contributed by atoms with Crippen molar-refractivity contribution in [3.63, 3.8) is 0 Å². The minimum Gasteiger partial charge on any atom is -0.410 e. The Kier molecular flexibility index (Phi) is 7.36. The molecule has 0 aromatic heterocycles. The SMILES string of the molecule is CCc1cccc(CNC[C@@H](O)[C@H](Cc2cc(F)cc(F)c2)N2CC=C(C)O2)c1. The highest BCUT2D eigenvalue weighted by atomic mass is 19.1. The lowest BCUT2D eigenvalue weighted by Gasteiger charge is -2.31. The van der Waals surface area contributed by atoms with Gasteiger partial charge in [0.05, 0.1) is 18.7 Å². The molecule has 2 aromatic rings. The lowest BCUT2D eigenvalue weighted by molar-refractivity contribution is -0.150. The molecule has 0 amide bonds. The van der Waals surface area contributed by atoms with E-state index in [0.29, 0.717) is 25.2 Å². The zero-order valence-corrected chi connectivity index (χ0v) is 16.9. The third-order valence-corrected chi connectivity index (χ3v) is 5.08. The molecule has 0 saturated carbocycles. The standard InChI is InChI=1S/C23H28F2N2O2/c1-3-17-5-4-6-18(9-17)14-26-15-23(28)22(27-8-7-16(2)29-27)12-19-10-20(24)13-21(25)11-19/h4-7,9-11,13,22-23,26,28H,3,8,12,14-15H2,1-2H3/t22-,23+/m0/s1. The number of aliphatic hydroxyl groups excluding tert-OH is 1. The largest absolute Gasteiger partial charge is 0.410 e. The van der Waals surface area contributed by atoms with E-state index in [1.165, 1.54) is 17.7 Å². The molecule has 0 aliphatic carbocycles. The lowest BCUT2D eigenvalue weighted by atomic mass is 10.00. The number of halogens is 2. The summed E-state index contributed by atoms with van der Waals surface area (Å²) in [5.74, 6) is -0.505. The average Bonchev–Trinajstić information content (AvgIpc) is 3.11. The predicted octanol–water partition coefficient (Wildman–Crippen LogP) is 3.74. The molecule has 0 radical (unpaired) electrons. The van der Waals surface area contributed by atoms with Gasteiger partial charge in [0.1, 0.15) is 17.4 Å². The van der Waals surface area contributed by atoms with Crippen LogP contribution in [0.1, 0.15) is 30.5 Å². The van der Waals surface area contributed by atoms with Gasteiger partial charge in [0.15, 0.2) is 0 Å². The monoisotopic (exact) mass is 402 g/mol. The van der Waals surface area contributed by atoms with Crippen LogP contribution in [0.3, 0.4) is 0 Å². The van der Waals surface area contributed by atoms with Gasteiger partial charge in [-0.25, -0.2) is 8.78 Å². The van der Waals surface area contributed by atoms with Crippen molar-refractivity contribution in [2.24, 2.45) is 0 Å². The fourth-order valence-corrected chi connectivity index (χ4v) is 3.54. The topological polar surface area (TPSA) is 44.7 Å². The Morgan fingerprint density at radius 1 is 1.10 bits per heavy atom. The normalized spacial score (nSPS) is 16.4. The van der Waals surface area contributed by atoms with Gasteiger partial charge in [-0.3, -0.25) is 0 Å². The number of nitrogens with zero attached hydrogens (tertiary/aromatic N) is 1. The molecule has 0 unspecified atom stereocenters. The van der Waals surface area contributed by atoms with E-state index in [2.05, 4.69) is 24.4 Å². The summed E-state index contributed by atoms with van der Waals surface area (Å²) < 4.78 is 27.2. The highest BCUT2D eigenvalue weighted by Crippen LogP contribution is 2.21. The Morgan fingerprint density at radius 2 is 1.83 bits per heavy atom. The predicted molar refractivity (Wildman–Crippen MR) is 109 cm³/mol. The summed E-state index contributed by atoms with van der Waals surface area (Å²) in [6.07, 6.45) is 2.37. The number of allylic oxidation sites excluding steroid dienone is 1. The van der Waals surface area contributed by atoms with Crippen LogP contribution in [0.2, 0.25) is 0 Å². The van der Waals surface area contributed by atoms with Gasteiger partial charge in [-0.2, -0.15) is 0 Å². The van der Waals surface area contributed by atoms with Crippen LogP contribution in [0.15, 0.2) is 54.3 Å². The Morgan fingerprint density at radius 3 is 2.48 bits per heavy atom. The maximum atomic E-state index is 13.6. The van der Waals surface area contributed by atoms with Crippen LogP contribution >= 0.6 is 0 Å². The Balaban J connectivity index is 1.64. The summed E-state index contributed by atoms with van der Waals surface area (Å²) in [4.78, 5) is 5.69. The molecule has 29 heavy (non-hydrogen) atoms. The van der Waals surface area contributed by atoms with E-state index in [-0.39, 0.29) is 6.42 Å². The van der Waals surface area contributed by atoms with E-state index >= 15 is 0 Å². The van der Waals surface area contributed by atoms with Gasteiger partial charge in [0, 0.05) is 19.2 Å². The first-order chi connectivity index (χ1) is 13.9. The van der Waals surface area contributed by atoms with Crippen LogP contribution in [-0.4, -0.2) is 35.4 Å². The number of benzene rings is 2. The number of aryl methyl sites for hydroxylation is 1. The van der Waals surface area contributed by atoms with Crippen LogP contribution in [0, 0.1) is 11.6 Å². The van der Waals surface area contributed by atoms with Gasteiger partial charge in [-0.05, 0) is 54.7 Å². The van der Waals surface area contributed by atoms with Crippen molar-refractivity contribution in [3.05, 3.63) is 82.6 Å². The van der Waals surface area contributed by atoms with Gasteiger partial charge >= 0.3 is 0 Å². The first kappa shape index (κ1) is 21.4. The van der Waals surface area contributed by atoms with Gasteiger partial charge in [-0.15, -0.1) is 5.06 Å². The summed E-state index contributed by atoms with van der Waals surface area (Å²) in [5.41, 5.74) is 2.90. The molecule has 2 atom stereocenters. The second-order valence-electron chi connectivity index (χ2n) is 7.43. The maximum absolute atomic E-state index is 13.6. The molecule has 4 nitrogen and oxygen atoms in total. The minimum absolute atomic E-state index is 0.268. The van der Waals surface area contributed by atoms with Gasteiger partial charge in [0.2, 0.25) is 0 Å². The molecule has 2 aromatic carbocycles. The van der Waals surface area contributed by atoms with Crippen molar-refractivity contribution in [2.45, 2.75) is 45.4 Å². The van der Waals surface area contributed by atoms with E-state index < -0.39 is 23.8 Å². The number of rotatable bonds is 9. The van der Waals surface area contributed by atoms with Crippen molar-refractivity contribution in [1.29, 1.82) is 0 Å². The Hall–Kier alpha value is -2.28. The number of hydrogen-bond donors (Lipinski definition) is 2. The summed E-state index contributed by atoms with van der Waals surface area (Å²) >= 11 is 0. The van der Waals surface area contributed by atoms with Crippen molar-refractivity contribution >= 4 is 0 Å². The Labute approximate surface area is 170 Å². The van der Waals surface area contributed by atoms with E-state index in [9.17, 15) is 13.9 Å². The first-order valence-corrected chi connectivity index (χ1v) is 9.97. The van der Waals surface area contributed by atoms with Crippen molar-refractivity contribution in [1.82, 2.24) is 10.4 Å². The van der Waals surface area contributed by atoms with Crippen LogP contribution < -0.4 is 5.32 Å². The molecule has 1 aliphatic rings. The van der Waals surface area contributed by atoms with E-state index in [0.717, 1.165) is 23.8 Å². The summed E-state index contributed by atoms with van der Waals surface area (Å²) in [6.45, 7) is 5.43. The fraction of sp³-hybridized carbons (Fsp3) is 0.391. The molecular formula is C23H28F2N2O2. The maximum Gasteiger partial charge on any atom is 0.126 e. The van der Waals surface area contributed by atoms with E-state index in [4.69, 9.17) is 4.84 Å². The quantitative estimate of drug-likeness (QED) is 0.671. The molecule has 0 spiro atoms. The minimum atomic E-state index is -0.782. The number of aliphatic hydroxyl groups is 1. The molecule has 156 valence electrons. The number of nitrogens with one attached hydrogen (secondary N) is 1. The van der Waals surface area contributed by atoms with Crippen LogP contribution in [0.4, 0.5) is 8.78 Å². The van der Waals surface area contributed by atoms with Crippen molar-refractivity contribution < 1.29 is 18.7 Å². The Bertz CT molecular complexity index is 836. The van der Waals surface area contributed by atoms with Crippen LogP contribution in [0.5, 0.6) is 0 Å². The van der Waals surface area contributed by atoms with E-state index in [1.54, 1.807) is 5.06 Å². The molecular weight excluding hydrogens is 374 g/mol. The fourth-order valence-electron chi connectivity index (χ4n) is 3.54. The van der Waals surface area contributed by atoms with E-state index in [1.807, 2.05) is 25.1 Å². The molecule has 0 fully saturated rings. The molecule has 1 aliphatic heterocycles. The zero-order valence-electron chi connectivity index (χ0n) is 16.9. The highest BCUT2D eigenvalue weighted by Gasteiger charge is 2.30. The molecule has 6 heteroatoms. The third kappa shape index (κ3) is 6.10. The summed E-state index contributed by atoms with van der Waals surface area (Å²) in [5, 5.41) is 15.8. The highest BCUT2D eigenvalue weighted by molar-refractivity contribution is 5.23. The van der Waals surface area contributed by atoms with Crippen molar-refractivity contribution in [2.75, 3.05) is 13.1 Å². The molecule has 1 heterocycles. The first-order valence-electron chi connectivity index (χ1n) is 9.97. The summed E-state index contributed by atoms with van der Waals surface area (Å²) in [6, 6.07) is 11.3. The summed E-state index contributed by atoms with van der Waals surface area (Å²) in [7, 11) is 0. The van der Waals surface area contributed by atoms with Gasteiger partial charge < -0.3 is 15.3 Å². The van der Waals surface area contributed by atoms with Crippen LogP contribution in [0.25, 0.3) is 0 Å².